The normalized spacial score (nSPS) is 12.3. The van der Waals surface area contributed by atoms with Crippen molar-refractivity contribution in [3.8, 4) is 17.2 Å². The Morgan fingerprint density at radius 1 is 1.37 bits per heavy atom. The minimum absolute atomic E-state index is 0.119. The molecule has 0 amide bonds. The van der Waals surface area contributed by atoms with Crippen LogP contribution in [0.1, 0.15) is 19.4 Å². The minimum Gasteiger partial charge on any atom is -0.389 e. The van der Waals surface area contributed by atoms with Crippen LogP contribution in [0.3, 0.4) is 0 Å². The van der Waals surface area contributed by atoms with Crippen LogP contribution < -0.4 is 4.72 Å². The van der Waals surface area contributed by atoms with Crippen molar-refractivity contribution in [2.75, 3.05) is 6.54 Å². The van der Waals surface area contributed by atoms with Crippen LogP contribution in [-0.4, -0.2) is 40.3 Å². The number of hydrogen-bond acceptors (Lipinski definition) is 6. The first-order valence-electron chi connectivity index (χ1n) is 7.86. The summed E-state index contributed by atoms with van der Waals surface area (Å²) in [7, 11) is -3.97. The van der Waals surface area contributed by atoms with Gasteiger partial charge in [0.05, 0.1) is 22.9 Å². The van der Waals surface area contributed by atoms with Gasteiger partial charge in [-0.1, -0.05) is 0 Å². The van der Waals surface area contributed by atoms with Crippen LogP contribution in [0.5, 0.6) is 0 Å². The molecule has 3 aromatic heterocycles. The summed E-state index contributed by atoms with van der Waals surface area (Å²) in [5.74, 6) is -0.681. The fourth-order valence-corrected chi connectivity index (χ4v) is 3.66. The Kier molecular flexibility index (Phi) is 4.69. The number of rotatable bonds is 5. The lowest BCUT2D eigenvalue weighted by atomic mass is 10.1. The number of nitrogens with one attached hydrogen (secondary N) is 1. The van der Waals surface area contributed by atoms with Crippen molar-refractivity contribution in [2.45, 2.75) is 24.3 Å². The second-order valence-corrected chi connectivity index (χ2v) is 8.33. The number of pyridine rings is 2. The van der Waals surface area contributed by atoms with E-state index in [1.54, 1.807) is 0 Å². The van der Waals surface area contributed by atoms with Crippen LogP contribution >= 0.6 is 0 Å². The third kappa shape index (κ3) is 3.95. The third-order valence-corrected chi connectivity index (χ3v) is 5.12. The Balaban J connectivity index is 2.20. The maximum atomic E-state index is 13.2. The third-order valence-electron chi connectivity index (χ3n) is 3.75. The fourth-order valence-electron chi connectivity index (χ4n) is 2.44. The van der Waals surface area contributed by atoms with Gasteiger partial charge in [-0.05, 0) is 32.0 Å². The first-order chi connectivity index (χ1) is 12.6. The molecule has 0 bridgehead atoms. The van der Waals surface area contributed by atoms with Crippen LogP contribution in [-0.2, 0) is 10.0 Å². The molecule has 10 heteroatoms. The number of aliphatic hydroxyl groups is 1. The molecule has 0 aliphatic heterocycles. The SMILES string of the molecule is CC(C)(O)CNS(=O)(=O)c1cc(-c2ccc(F)nc2)c2c(C#N)cnn2c1. The molecule has 3 aromatic rings. The molecular weight excluding hydrogens is 373 g/mol. The van der Waals surface area contributed by atoms with Gasteiger partial charge in [0, 0.05) is 30.1 Å². The van der Waals surface area contributed by atoms with Crippen molar-refractivity contribution in [3.05, 3.63) is 48.3 Å². The van der Waals surface area contributed by atoms with Crippen LogP contribution in [0.15, 0.2) is 41.7 Å². The van der Waals surface area contributed by atoms with Gasteiger partial charge in [-0.15, -0.1) is 0 Å². The second kappa shape index (κ2) is 6.70. The van der Waals surface area contributed by atoms with Crippen LogP contribution in [0.25, 0.3) is 16.6 Å². The van der Waals surface area contributed by atoms with E-state index in [4.69, 9.17) is 0 Å². The molecular formula is C17H16FN5O3S. The summed E-state index contributed by atoms with van der Waals surface area (Å²) >= 11 is 0. The second-order valence-electron chi connectivity index (χ2n) is 6.56. The first kappa shape index (κ1) is 18.9. The zero-order valence-corrected chi connectivity index (χ0v) is 15.3. The molecule has 0 radical (unpaired) electrons. The predicted octanol–water partition coefficient (Wildman–Crippen LogP) is 1.46. The summed E-state index contributed by atoms with van der Waals surface area (Å²) in [5.41, 5.74) is 0.177. The highest BCUT2D eigenvalue weighted by Gasteiger charge is 2.23. The molecule has 0 unspecified atom stereocenters. The smallest absolute Gasteiger partial charge is 0.242 e. The summed E-state index contributed by atoms with van der Waals surface area (Å²) in [4.78, 5) is 3.47. The van der Waals surface area contributed by atoms with E-state index in [1.165, 1.54) is 49.1 Å². The van der Waals surface area contributed by atoms with Crippen molar-refractivity contribution >= 4 is 15.5 Å². The molecule has 0 aromatic carbocycles. The molecule has 0 spiro atoms. The standard InChI is InChI=1S/C17H16FN5O3S/c1-17(2,24)10-22-27(25,26)13-5-14(11-3-4-15(18)20-7-11)16-12(6-19)8-21-23(16)9-13/h3-5,7-9,22,24H,10H2,1-2H3. The molecule has 0 aliphatic rings. The van der Waals surface area contributed by atoms with Crippen molar-refractivity contribution < 1.29 is 17.9 Å². The number of sulfonamides is 1. The van der Waals surface area contributed by atoms with Gasteiger partial charge in [-0.2, -0.15) is 14.8 Å². The van der Waals surface area contributed by atoms with Crippen molar-refractivity contribution in [2.24, 2.45) is 0 Å². The molecule has 0 saturated heterocycles. The summed E-state index contributed by atoms with van der Waals surface area (Å²) in [6, 6.07) is 5.94. The Morgan fingerprint density at radius 3 is 2.70 bits per heavy atom. The number of hydrogen-bond donors (Lipinski definition) is 2. The monoisotopic (exact) mass is 389 g/mol. The molecule has 0 saturated carbocycles. The molecule has 8 nitrogen and oxygen atoms in total. The van der Waals surface area contributed by atoms with E-state index in [0.717, 1.165) is 6.07 Å². The maximum Gasteiger partial charge on any atom is 0.242 e. The van der Waals surface area contributed by atoms with Crippen LogP contribution in [0.2, 0.25) is 0 Å². The highest BCUT2D eigenvalue weighted by Crippen LogP contribution is 2.29. The first-order valence-corrected chi connectivity index (χ1v) is 9.34. The topological polar surface area (TPSA) is 120 Å². The molecule has 2 N–H and O–H groups in total. The van der Waals surface area contributed by atoms with E-state index in [-0.39, 0.29) is 17.0 Å². The lowest BCUT2D eigenvalue weighted by molar-refractivity contribution is 0.0857. The van der Waals surface area contributed by atoms with Gasteiger partial charge in [-0.3, -0.25) is 0 Å². The van der Waals surface area contributed by atoms with E-state index in [0.29, 0.717) is 16.6 Å². The fraction of sp³-hybridized carbons (Fsp3) is 0.235. The van der Waals surface area contributed by atoms with Gasteiger partial charge >= 0.3 is 0 Å². The number of nitriles is 1. The highest BCUT2D eigenvalue weighted by atomic mass is 32.2. The Morgan fingerprint density at radius 2 is 2.11 bits per heavy atom. The largest absolute Gasteiger partial charge is 0.389 e. The summed E-state index contributed by atoms with van der Waals surface area (Å²) in [6.07, 6.45) is 3.83. The summed E-state index contributed by atoms with van der Waals surface area (Å²) in [6.45, 7) is 2.76. The van der Waals surface area contributed by atoms with E-state index in [9.17, 15) is 23.2 Å². The Hall–Kier alpha value is -2.87. The molecule has 0 atom stereocenters. The van der Waals surface area contributed by atoms with Gasteiger partial charge < -0.3 is 5.11 Å². The maximum absolute atomic E-state index is 13.2. The summed E-state index contributed by atoms with van der Waals surface area (Å²) < 4.78 is 42.0. The van der Waals surface area contributed by atoms with Gasteiger partial charge in [0.2, 0.25) is 16.0 Å². The predicted molar refractivity (Wildman–Crippen MR) is 94.6 cm³/mol. The number of fused-ring (bicyclic) bond motifs is 1. The van der Waals surface area contributed by atoms with E-state index in [2.05, 4.69) is 14.8 Å². The lowest BCUT2D eigenvalue weighted by Gasteiger charge is -2.18. The molecule has 27 heavy (non-hydrogen) atoms. The zero-order valence-electron chi connectivity index (χ0n) is 14.5. The van der Waals surface area contributed by atoms with Crippen molar-refractivity contribution in [3.63, 3.8) is 0 Å². The molecule has 0 aliphatic carbocycles. The zero-order chi connectivity index (χ0) is 19.8. The summed E-state index contributed by atoms with van der Waals surface area (Å²) in [5, 5.41) is 23.1. The van der Waals surface area contributed by atoms with Gasteiger partial charge in [-0.25, -0.2) is 22.6 Å². The van der Waals surface area contributed by atoms with Crippen LogP contribution in [0.4, 0.5) is 4.39 Å². The quantitative estimate of drug-likeness (QED) is 0.638. The minimum atomic E-state index is -3.97. The Labute approximate surface area is 155 Å². The number of aromatic nitrogens is 3. The van der Waals surface area contributed by atoms with Crippen LogP contribution in [0, 0.1) is 17.3 Å². The number of halogens is 1. The van der Waals surface area contributed by atoms with Gasteiger partial charge in [0.1, 0.15) is 11.0 Å². The molecule has 140 valence electrons. The molecule has 3 heterocycles. The van der Waals surface area contributed by atoms with E-state index in [1.807, 2.05) is 6.07 Å². The average Bonchev–Trinajstić information content (AvgIpc) is 3.03. The van der Waals surface area contributed by atoms with Crippen molar-refractivity contribution in [1.82, 2.24) is 19.3 Å². The Bertz CT molecular complexity index is 1140. The average molecular weight is 389 g/mol. The van der Waals surface area contributed by atoms with E-state index < -0.39 is 21.6 Å². The molecule has 3 rings (SSSR count). The lowest BCUT2D eigenvalue weighted by Crippen LogP contribution is -2.38. The van der Waals surface area contributed by atoms with Crippen molar-refractivity contribution in [1.29, 1.82) is 5.26 Å². The number of nitrogens with zero attached hydrogens (tertiary/aromatic N) is 4. The highest BCUT2D eigenvalue weighted by molar-refractivity contribution is 7.89. The van der Waals surface area contributed by atoms with Gasteiger partial charge in [0.25, 0.3) is 0 Å². The van der Waals surface area contributed by atoms with Gasteiger partial charge in [0.15, 0.2) is 0 Å². The van der Waals surface area contributed by atoms with E-state index >= 15 is 0 Å². The molecule has 0 fully saturated rings.